The largest absolute Gasteiger partial charge is 0.481 e. The Balaban J connectivity index is 2.75. The molecule has 0 saturated carbocycles. The van der Waals surface area contributed by atoms with Crippen LogP contribution in [0.5, 0.6) is 0 Å². The SMILES string of the molecule is CCn1cnc(Cl)c1C(N)CCC(=O)O. The third-order valence-corrected chi connectivity index (χ3v) is 2.48. The topological polar surface area (TPSA) is 81.1 Å². The molecular weight excluding hydrogens is 218 g/mol. The second-order valence-corrected chi connectivity index (χ2v) is 3.60. The number of nitrogens with zero attached hydrogens (tertiary/aromatic N) is 2. The Morgan fingerprint density at radius 1 is 1.80 bits per heavy atom. The minimum Gasteiger partial charge on any atom is -0.481 e. The summed E-state index contributed by atoms with van der Waals surface area (Å²) in [6.07, 6.45) is 2.01. The summed E-state index contributed by atoms with van der Waals surface area (Å²) in [6.45, 7) is 2.67. The maximum atomic E-state index is 10.4. The summed E-state index contributed by atoms with van der Waals surface area (Å²) in [6, 6.07) is -0.379. The third kappa shape index (κ3) is 2.94. The van der Waals surface area contributed by atoms with Gasteiger partial charge in [-0.05, 0) is 13.3 Å². The average Bonchev–Trinajstić information content (AvgIpc) is 2.56. The van der Waals surface area contributed by atoms with Crippen LogP contribution < -0.4 is 5.73 Å². The van der Waals surface area contributed by atoms with Gasteiger partial charge in [0.25, 0.3) is 0 Å². The Labute approximate surface area is 92.9 Å². The molecule has 1 aromatic heterocycles. The molecule has 5 nitrogen and oxygen atoms in total. The smallest absolute Gasteiger partial charge is 0.303 e. The number of carboxylic acids is 1. The molecule has 0 aliphatic heterocycles. The summed E-state index contributed by atoms with van der Waals surface area (Å²) in [5.74, 6) is -0.857. The molecular formula is C9H14ClN3O2. The molecule has 6 heteroatoms. The highest BCUT2D eigenvalue weighted by Crippen LogP contribution is 2.23. The molecule has 0 amide bonds. The van der Waals surface area contributed by atoms with E-state index in [0.717, 1.165) is 6.54 Å². The lowest BCUT2D eigenvalue weighted by Gasteiger charge is -2.12. The lowest BCUT2D eigenvalue weighted by atomic mass is 10.1. The molecule has 0 saturated heterocycles. The zero-order valence-electron chi connectivity index (χ0n) is 8.48. The molecule has 0 radical (unpaired) electrons. The van der Waals surface area contributed by atoms with Gasteiger partial charge in [0.2, 0.25) is 0 Å². The minimum absolute atomic E-state index is 0.0341. The van der Waals surface area contributed by atoms with Crippen LogP contribution >= 0.6 is 11.6 Å². The average molecular weight is 232 g/mol. The van der Waals surface area contributed by atoms with Gasteiger partial charge in [0, 0.05) is 19.0 Å². The van der Waals surface area contributed by atoms with E-state index in [1.165, 1.54) is 0 Å². The van der Waals surface area contributed by atoms with E-state index in [1.807, 2.05) is 11.5 Å². The zero-order chi connectivity index (χ0) is 11.4. The van der Waals surface area contributed by atoms with Crippen LogP contribution in [0.2, 0.25) is 5.15 Å². The lowest BCUT2D eigenvalue weighted by molar-refractivity contribution is -0.137. The van der Waals surface area contributed by atoms with E-state index in [-0.39, 0.29) is 12.5 Å². The van der Waals surface area contributed by atoms with Gasteiger partial charge in [-0.3, -0.25) is 4.79 Å². The number of aromatic nitrogens is 2. The fourth-order valence-electron chi connectivity index (χ4n) is 1.40. The Morgan fingerprint density at radius 2 is 2.47 bits per heavy atom. The summed E-state index contributed by atoms with van der Waals surface area (Å²) in [7, 11) is 0. The maximum Gasteiger partial charge on any atom is 0.303 e. The van der Waals surface area contributed by atoms with Crippen LogP contribution in [0, 0.1) is 0 Å². The van der Waals surface area contributed by atoms with Gasteiger partial charge in [0.05, 0.1) is 12.0 Å². The Hall–Kier alpha value is -1.07. The highest BCUT2D eigenvalue weighted by atomic mass is 35.5. The van der Waals surface area contributed by atoms with Crippen molar-refractivity contribution in [3.05, 3.63) is 17.2 Å². The molecule has 0 aliphatic carbocycles. The van der Waals surface area contributed by atoms with Gasteiger partial charge < -0.3 is 15.4 Å². The first kappa shape index (κ1) is 12.0. The number of hydrogen-bond acceptors (Lipinski definition) is 3. The molecule has 0 aromatic carbocycles. The molecule has 1 aromatic rings. The number of rotatable bonds is 5. The van der Waals surface area contributed by atoms with Crippen LogP contribution in [-0.2, 0) is 11.3 Å². The quantitative estimate of drug-likeness (QED) is 0.803. The normalized spacial score (nSPS) is 12.7. The molecule has 0 spiro atoms. The number of imidazole rings is 1. The van der Waals surface area contributed by atoms with Crippen molar-refractivity contribution >= 4 is 17.6 Å². The standard InChI is InChI=1S/C9H14ClN3O2/c1-2-13-5-12-9(10)8(13)6(11)3-4-7(14)15/h5-6H,2-4,11H2,1H3,(H,14,15). The van der Waals surface area contributed by atoms with Crippen molar-refractivity contribution in [1.29, 1.82) is 0 Å². The van der Waals surface area contributed by atoms with Gasteiger partial charge in [-0.2, -0.15) is 0 Å². The fraction of sp³-hybridized carbons (Fsp3) is 0.556. The monoisotopic (exact) mass is 231 g/mol. The second-order valence-electron chi connectivity index (χ2n) is 3.25. The zero-order valence-corrected chi connectivity index (χ0v) is 9.24. The van der Waals surface area contributed by atoms with E-state index in [1.54, 1.807) is 6.33 Å². The third-order valence-electron chi connectivity index (χ3n) is 2.19. The molecule has 1 heterocycles. The first-order valence-electron chi connectivity index (χ1n) is 4.74. The van der Waals surface area contributed by atoms with Gasteiger partial charge in [0.1, 0.15) is 0 Å². The summed E-state index contributed by atoms with van der Waals surface area (Å²) in [4.78, 5) is 14.3. The molecule has 0 aliphatic rings. The van der Waals surface area contributed by atoms with E-state index in [2.05, 4.69) is 4.98 Å². The summed E-state index contributed by atoms with van der Waals surface area (Å²) in [5, 5.41) is 8.90. The lowest BCUT2D eigenvalue weighted by Crippen LogP contribution is -2.16. The van der Waals surface area contributed by atoms with Crippen molar-refractivity contribution < 1.29 is 9.90 Å². The summed E-state index contributed by atoms with van der Waals surface area (Å²) in [5.41, 5.74) is 6.57. The maximum absolute atomic E-state index is 10.4. The van der Waals surface area contributed by atoms with Crippen molar-refractivity contribution in [2.75, 3.05) is 0 Å². The highest BCUT2D eigenvalue weighted by Gasteiger charge is 2.16. The van der Waals surface area contributed by atoms with Gasteiger partial charge in [0.15, 0.2) is 5.15 Å². The number of halogens is 1. The molecule has 1 unspecified atom stereocenters. The predicted molar refractivity (Wildman–Crippen MR) is 56.7 cm³/mol. The number of carboxylic acid groups (broad SMARTS) is 1. The predicted octanol–water partition coefficient (Wildman–Crippen LogP) is 1.42. The minimum atomic E-state index is -0.857. The fourth-order valence-corrected chi connectivity index (χ4v) is 1.69. The van der Waals surface area contributed by atoms with Crippen molar-refractivity contribution in [3.63, 3.8) is 0 Å². The number of aryl methyl sites for hydroxylation is 1. The molecule has 0 bridgehead atoms. The van der Waals surface area contributed by atoms with Crippen LogP contribution in [-0.4, -0.2) is 20.6 Å². The first-order valence-corrected chi connectivity index (χ1v) is 5.12. The summed E-state index contributed by atoms with van der Waals surface area (Å²) < 4.78 is 1.83. The molecule has 1 atom stereocenters. The number of nitrogens with two attached hydrogens (primary N) is 1. The van der Waals surface area contributed by atoms with Gasteiger partial charge >= 0.3 is 5.97 Å². The number of hydrogen-bond donors (Lipinski definition) is 2. The molecule has 15 heavy (non-hydrogen) atoms. The van der Waals surface area contributed by atoms with Crippen LogP contribution in [0.15, 0.2) is 6.33 Å². The van der Waals surface area contributed by atoms with Crippen LogP contribution in [0.4, 0.5) is 0 Å². The molecule has 84 valence electrons. The molecule has 0 fully saturated rings. The van der Waals surface area contributed by atoms with Gasteiger partial charge in [-0.25, -0.2) is 4.98 Å². The van der Waals surface area contributed by atoms with Crippen molar-refractivity contribution in [3.8, 4) is 0 Å². The van der Waals surface area contributed by atoms with Crippen LogP contribution in [0.1, 0.15) is 31.5 Å². The van der Waals surface area contributed by atoms with Crippen molar-refractivity contribution in [1.82, 2.24) is 9.55 Å². The Morgan fingerprint density at radius 3 is 3.00 bits per heavy atom. The number of carbonyl (C=O) groups is 1. The summed E-state index contributed by atoms with van der Waals surface area (Å²) >= 11 is 5.87. The van der Waals surface area contributed by atoms with E-state index in [4.69, 9.17) is 22.4 Å². The number of aliphatic carboxylic acids is 1. The van der Waals surface area contributed by atoms with E-state index in [0.29, 0.717) is 17.3 Å². The van der Waals surface area contributed by atoms with Crippen LogP contribution in [0.3, 0.4) is 0 Å². The van der Waals surface area contributed by atoms with Crippen molar-refractivity contribution in [2.24, 2.45) is 5.73 Å². The first-order chi connectivity index (χ1) is 7.06. The Kier molecular flexibility index (Phi) is 4.11. The van der Waals surface area contributed by atoms with E-state index < -0.39 is 5.97 Å². The molecule has 3 N–H and O–H groups in total. The van der Waals surface area contributed by atoms with Crippen molar-refractivity contribution in [2.45, 2.75) is 32.4 Å². The van der Waals surface area contributed by atoms with Crippen LogP contribution in [0.25, 0.3) is 0 Å². The van der Waals surface area contributed by atoms with E-state index in [9.17, 15) is 4.79 Å². The Bertz CT molecular complexity index is 351. The van der Waals surface area contributed by atoms with E-state index >= 15 is 0 Å². The molecule has 1 rings (SSSR count). The second kappa shape index (κ2) is 5.14. The highest BCUT2D eigenvalue weighted by molar-refractivity contribution is 6.30. The van der Waals surface area contributed by atoms with Gasteiger partial charge in [-0.15, -0.1) is 0 Å². The van der Waals surface area contributed by atoms with Gasteiger partial charge in [-0.1, -0.05) is 11.6 Å².